The van der Waals surface area contributed by atoms with Crippen molar-refractivity contribution in [2.24, 2.45) is 5.73 Å². The first kappa shape index (κ1) is 10.9. The Morgan fingerprint density at radius 3 is 2.78 bits per heavy atom. The average Bonchev–Trinajstić information content (AvgIpc) is 2.82. The summed E-state index contributed by atoms with van der Waals surface area (Å²) in [4.78, 5) is 4.59. The number of nitrogens with zero attached hydrogens (tertiary/aromatic N) is 3. The summed E-state index contributed by atoms with van der Waals surface area (Å²) in [5.74, 6) is 0.744. The molecule has 0 fully saturated rings. The van der Waals surface area contributed by atoms with Crippen molar-refractivity contribution in [3.8, 4) is 11.4 Å². The molecule has 4 heteroatoms. The summed E-state index contributed by atoms with van der Waals surface area (Å²) in [7, 11) is 0. The number of rotatable bonds is 2. The van der Waals surface area contributed by atoms with Crippen LogP contribution in [0.5, 0.6) is 0 Å². The highest BCUT2D eigenvalue weighted by molar-refractivity contribution is 5.63. The van der Waals surface area contributed by atoms with Crippen LogP contribution in [0, 0.1) is 6.92 Å². The maximum Gasteiger partial charge on any atom is 0.182 e. The Balaban J connectivity index is 2.23. The van der Waals surface area contributed by atoms with Crippen LogP contribution in [-0.2, 0) is 6.54 Å². The highest BCUT2D eigenvalue weighted by Crippen LogP contribution is 2.21. The number of pyridine rings is 1. The molecule has 0 aliphatic heterocycles. The van der Waals surface area contributed by atoms with Gasteiger partial charge in [-0.05, 0) is 18.6 Å². The maximum absolute atomic E-state index is 5.71. The Kier molecular flexibility index (Phi) is 2.57. The fourth-order valence-electron chi connectivity index (χ4n) is 2.06. The Hall–Kier alpha value is -2.20. The molecule has 3 rings (SSSR count). The van der Waals surface area contributed by atoms with Crippen molar-refractivity contribution in [2.45, 2.75) is 13.5 Å². The SMILES string of the molecule is Cc1ccccc1-c1nc2c(CN)cccn2n1. The standard InChI is InChI=1S/C14H14N4/c1-10-5-2-3-7-12(10)13-16-14-11(9-15)6-4-8-18(14)17-13/h2-8H,9,15H2,1H3. The first-order chi connectivity index (χ1) is 8.79. The molecule has 0 radical (unpaired) electrons. The third kappa shape index (κ3) is 1.67. The second-order valence-electron chi connectivity index (χ2n) is 4.26. The van der Waals surface area contributed by atoms with Crippen molar-refractivity contribution in [3.05, 3.63) is 53.7 Å². The zero-order chi connectivity index (χ0) is 12.5. The fraction of sp³-hybridized carbons (Fsp3) is 0.143. The lowest BCUT2D eigenvalue weighted by molar-refractivity contribution is 0.944. The van der Waals surface area contributed by atoms with E-state index in [1.165, 1.54) is 5.56 Å². The Morgan fingerprint density at radius 2 is 2.00 bits per heavy atom. The number of hydrogen-bond acceptors (Lipinski definition) is 3. The van der Waals surface area contributed by atoms with E-state index < -0.39 is 0 Å². The Morgan fingerprint density at radius 1 is 1.17 bits per heavy atom. The van der Waals surface area contributed by atoms with Crippen molar-refractivity contribution in [1.29, 1.82) is 0 Å². The maximum atomic E-state index is 5.71. The molecule has 90 valence electrons. The number of fused-ring (bicyclic) bond motifs is 1. The van der Waals surface area contributed by atoms with E-state index in [4.69, 9.17) is 5.73 Å². The monoisotopic (exact) mass is 238 g/mol. The number of aromatic nitrogens is 3. The third-order valence-corrected chi connectivity index (χ3v) is 3.05. The second-order valence-corrected chi connectivity index (χ2v) is 4.26. The molecule has 0 spiro atoms. The van der Waals surface area contributed by atoms with Gasteiger partial charge in [0, 0.05) is 23.9 Å². The molecular weight excluding hydrogens is 224 g/mol. The minimum atomic E-state index is 0.468. The molecule has 0 saturated heterocycles. The van der Waals surface area contributed by atoms with Gasteiger partial charge in [-0.1, -0.05) is 30.3 Å². The smallest absolute Gasteiger partial charge is 0.182 e. The quantitative estimate of drug-likeness (QED) is 0.744. The van der Waals surface area contributed by atoms with Crippen LogP contribution < -0.4 is 5.73 Å². The zero-order valence-corrected chi connectivity index (χ0v) is 10.2. The predicted octanol–water partition coefficient (Wildman–Crippen LogP) is 2.16. The van der Waals surface area contributed by atoms with Crippen LogP contribution >= 0.6 is 0 Å². The van der Waals surface area contributed by atoms with Crippen LogP contribution in [-0.4, -0.2) is 14.6 Å². The van der Waals surface area contributed by atoms with Crippen LogP contribution in [0.25, 0.3) is 17.0 Å². The highest BCUT2D eigenvalue weighted by atomic mass is 15.3. The van der Waals surface area contributed by atoms with Crippen LogP contribution in [0.1, 0.15) is 11.1 Å². The van der Waals surface area contributed by atoms with Gasteiger partial charge >= 0.3 is 0 Å². The summed E-state index contributed by atoms with van der Waals surface area (Å²) in [5, 5.41) is 4.50. The molecule has 1 aromatic carbocycles. The highest BCUT2D eigenvalue weighted by Gasteiger charge is 2.10. The van der Waals surface area contributed by atoms with E-state index >= 15 is 0 Å². The minimum Gasteiger partial charge on any atom is -0.326 e. The first-order valence-electron chi connectivity index (χ1n) is 5.90. The molecule has 0 unspecified atom stereocenters. The summed E-state index contributed by atoms with van der Waals surface area (Å²) in [6, 6.07) is 12.0. The summed E-state index contributed by atoms with van der Waals surface area (Å²) in [6.45, 7) is 2.53. The van der Waals surface area contributed by atoms with Crippen LogP contribution in [0.3, 0.4) is 0 Å². The molecule has 2 heterocycles. The van der Waals surface area contributed by atoms with E-state index in [-0.39, 0.29) is 0 Å². The normalized spacial score (nSPS) is 11.0. The molecule has 18 heavy (non-hydrogen) atoms. The summed E-state index contributed by atoms with van der Waals surface area (Å²) in [6.07, 6.45) is 1.89. The molecular formula is C14H14N4. The van der Waals surface area contributed by atoms with Gasteiger partial charge < -0.3 is 5.73 Å². The van der Waals surface area contributed by atoms with E-state index in [0.717, 1.165) is 22.6 Å². The van der Waals surface area contributed by atoms with Gasteiger partial charge in [-0.15, -0.1) is 5.10 Å². The van der Waals surface area contributed by atoms with Crippen molar-refractivity contribution in [3.63, 3.8) is 0 Å². The molecule has 0 aliphatic carbocycles. The minimum absolute atomic E-state index is 0.468. The molecule has 3 aromatic rings. The van der Waals surface area contributed by atoms with E-state index in [1.54, 1.807) is 4.52 Å². The Labute approximate surface area is 105 Å². The van der Waals surface area contributed by atoms with E-state index in [9.17, 15) is 0 Å². The van der Waals surface area contributed by atoms with Gasteiger partial charge in [-0.25, -0.2) is 9.50 Å². The molecule has 2 aromatic heterocycles. The van der Waals surface area contributed by atoms with E-state index in [2.05, 4.69) is 23.1 Å². The lowest BCUT2D eigenvalue weighted by atomic mass is 10.1. The predicted molar refractivity (Wildman–Crippen MR) is 71.1 cm³/mol. The number of hydrogen-bond donors (Lipinski definition) is 1. The lowest BCUT2D eigenvalue weighted by Gasteiger charge is -1.98. The molecule has 4 nitrogen and oxygen atoms in total. The van der Waals surface area contributed by atoms with Crippen molar-refractivity contribution in [1.82, 2.24) is 14.6 Å². The molecule has 0 bridgehead atoms. The summed E-state index contributed by atoms with van der Waals surface area (Å²) < 4.78 is 1.78. The Bertz CT molecular complexity index is 700. The van der Waals surface area contributed by atoms with Gasteiger partial charge in [0.25, 0.3) is 0 Å². The summed E-state index contributed by atoms with van der Waals surface area (Å²) >= 11 is 0. The van der Waals surface area contributed by atoms with E-state index in [0.29, 0.717) is 6.54 Å². The average molecular weight is 238 g/mol. The largest absolute Gasteiger partial charge is 0.326 e. The molecule has 0 amide bonds. The van der Waals surface area contributed by atoms with Gasteiger partial charge in [0.2, 0.25) is 0 Å². The van der Waals surface area contributed by atoms with Crippen molar-refractivity contribution >= 4 is 5.65 Å². The van der Waals surface area contributed by atoms with Crippen molar-refractivity contribution in [2.75, 3.05) is 0 Å². The summed E-state index contributed by atoms with van der Waals surface area (Å²) in [5.41, 5.74) is 9.78. The number of aryl methyl sites for hydroxylation is 1. The zero-order valence-electron chi connectivity index (χ0n) is 10.2. The fourth-order valence-corrected chi connectivity index (χ4v) is 2.06. The molecule has 0 saturated carbocycles. The van der Waals surface area contributed by atoms with Gasteiger partial charge in [0.15, 0.2) is 11.5 Å². The van der Waals surface area contributed by atoms with Gasteiger partial charge in [-0.2, -0.15) is 0 Å². The van der Waals surface area contributed by atoms with Crippen molar-refractivity contribution < 1.29 is 0 Å². The molecule has 2 N–H and O–H groups in total. The van der Waals surface area contributed by atoms with Crippen LogP contribution in [0.2, 0.25) is 0 Å². The van der Waals surface area contributed by atoms with Crippen LogP contribution in [0.4, 0.5) is 0 Å². The van der Waals surface area contributed by atoms with E-state index in [1.807, 2.05) is 36.5 Å². The van der Waals surface area contributed by atoms with Crippen LogP contribution in [0.15, 0.2) is 42.6 Å². The number of nitrogens with two attached hydrogens (primary N) is 1. The second kappa shape index (κ2) is 4.23. The van der Waals surface area contributed by atoms with Gasteiger partial charge in [0.05, 0.1) is 0 Å². The molecule has 0 aliphatic rings. The third-order valence-electron chi connectivity index (χ3n) is 3.05. The number of benzene rings is 1. The lowest BCUT2D eigenvalue weighted by Crippen LogP contribution is -1.99. The van der Waals surface area contributed by atoms with Gasteiger partial charge in [-0.3, -0.25) is 0 Å². The topological polar surface area (TPSA) is 56.2 Å². The molecule has 0 atom stereocenters. The van der Waals surface area contributed by atoms with Gasteiger partial charge in [0.1, 0.15) is 0 Å². The first-order valence-corrected chi connectivity index (χ1v) is 5.90.